The standard InChI is InChI=1S/C93H167N3O39/c1-6-8-10-12-14-16-18-20-21-22-23-24-25-26-27-28-29-31-33-35-37-39-41-43-68(110)96-58(59(106)42-40-38-36-34-32-30-19-17-15-13-11-9-7-2)53-124-87-78(118)76(116)81(66(51-101)127-87)130-89-79(119)85(82(67(52-102)128-89)131-86-57(44-54(3)103)80(73(113)64(49-99)125-86)129-88-77(117)75(115)72(112)63(48-98)126-88)135-93(91(122)123)46-61(108)70(95-56(5)105)84(134-93)74(114)65(50-100)132-92(90(120)121)45-60(107)69(94-55(4)104)83(133-92)71(111)62(109)47-97/h57-67,69-89,97-102,106-109,111-119H,6-53H2,1-5H3,(H,94,104)(H,95,105)(H,96,110)(H,120,121)(H,122,123). The van der Waals surface area contributed by atoms with Crippen LogP contribution in [0.2, 0.25) is 0 Å². The zero-order valence-corrected chi connectivity index (χ0v) is 79.7. The first kappa shape index (κ1) is 119. The van der Waals surface area contributed by atoms with Crippen LogP contribution in [0.15, 0.2) is 0 Å². The molecule has 0 aliphatic carbocycles. The number of carboxylic acid groups (broad SMARTS) is 2. The van der Waals surface area contributed by atoms with Crippen molar-refractivity contribution < 1.29 is 193 Å². The summed E-state index contributed by atoms with van der Waals surface area (Å²) in [6.07, 6.45) is -22.7. The Bertz CT molecular complexity index is 3290. The van der Waals surface area contributed by atoms with Crippen molar-refractivity contribution >= 4 is 35.4 Å². The predicted octanol–water partition coefficient (Wildman–Crippen LogP) is 0.567. The van der Waals surface area contributed by atoms with Crippen molar-refractivity contribution in [3.63, 3.8) is 0 Å². The number of ketones is 1. The number of unbranched alkanes of at least 4 members (excludes halogenated alkanes) is 34. The monoisotopic (exact) mass is 1950 g/mol. The van der Waals surface area contributed by atoms with Crippen molar-refractivity contribution in [1.29, 1.82) is 0 Å². The van der Waals surface area contributed by atoms with Gasteiger partial charge in [0, 0.05) is 45.4 Å². The van der Waals surface area contributed by atoms with Gasteiger partial charge < -0.3 is 185 Å². The maximum Gasteiger partial charge on any atom is 0.364 e. The molecule has 42 nitrogen and oxygen atoms in total. The molecule has 24 N–H and O–H groups in total. The summed E-state index contributed by atoms with van der Waals surface area (Å²) in [5.74, 6) is -16.5. The fourth-order valence-corrected chi connectivity index (χ4v) is 18.9. The van der Waals surface area contributed by atoms with E-state index >= 15 is 0 Å². The van der Waals surface area contributed by atoms with Crippen LogP contribution in [0.4, 0.5) is 0 Å². The molecule has 34 unspecified atom stereocenters. The van der Waals surface area contributed by atoms with Gasteiger partial charge in [0.05, 0.1) is 88.8 Å². The summed E-state index contributed by atoms with van der Waals surface area (Å²) in [4.78, 5) is 80.7. The largest absolute Gasteiger partial charge is 0.477 e. The lowest BCUT2D eigenvalue weighted by Crippen LogP contribution is -2.72. The van der Waals surface area contributed by atoms with Gasteiger partial charge >= 0.3 is 11.9 Å². The predicted molar refractivity (Wildman–Crippen MR) is 478 cm³/mol. The molecule has 3 amide bonds. The third-order valence-electron chi connectivity index (χ3n) is 26.7. The second kappa shape index (κ2) is 63.0. The van der Waals surface area contributed by atoms with Crippen LogP contribution in [0, 0.1) is 5.92 Å². The Labute approximate surface area is 792 Å². The SMILES string of the molecule is CCCCCCCCCCCCCCCCCCCCCCCCCC(=O)NC(COC1OC(CO)C(OC2OC(CO)C(OC3OC(CO)C(O)C(OC4OC(CO)C(O)C(O)C4O)C3CC(C)=O)C(OC3(C(=O)O)CC(O)C(NC(C)=O)C(C(O)C(CO)OC4(C(=O)O)CC(O)C(NC(C)=O)C(C(O)C(O)CO)O4)O3)C2O)C(O)C1O)C(O)CCCCCCCCCCCCCCC. The molecule has 6 fully saturated rings. The van der Waals surface area contributed by atoms with E-state index in [0.717, 1.165) is 91.4 Å². The summed E-state index contributed by atoms with van der Waals surface area (Å²) < 4.78 is 72.8. The average molecular weight is 1950 g/mol. The van der Waals surface area contributed by atoms with Crippen LogP contribution in [0.5, 0.6) is 0 Å². The number of rotatable bonds is 69. The number of aliphatic hydroxyl groups is 19. The molecule has 0 saturated carbocycles. The van der Waals surface area contributed by atoms with Crippen molar-refractivity contribution in [1.82, 2.24) is 16.0 Å². The van der Waals surface area contributed by atoms with Crippen molar-refractivity contribution in [3.8, 4) is 0 Å². The minimum atomic E-state index is -3.67. The molecule has 788 valence electrons. The third-order valence-corrected chi connectivity index (χ3v) is 26.7. The number of nitrogens with one attached hydrogen (secondary N) is 3. The molecule has 0 aromatic rings. The Kier molecular flexibility index (Phi) is 55.8. The zero-order valence-electron chi connectivity index (χ0n) is 79.7. The number of aliphatic hydroxyl groups excluding tert-OH is 19. The lowest BCUT2D eigenvalue weighted by molar-refractivity contribution is -0.407. The first-order chi connectivity index (χ1) is 64.6. The Morgan fingerprint density at radius 2 is 0.778 bits per heavy atom. The van der Waals surface area contributed by atoms with E-state index < -0.39 is 308 Å². The number of carbonyl (C=O) groups is 6. The number of amides is 3. The van der Waals surface area contributed by atoms with E-state index in [1.54, 1.807) is 0 Å². The van der Waals surface area contributed by atoms with E-state index in [1.165, 1.54) is 148 Å². The van der Waals surface area contributed by atoms with E-state index in [1.807, 2.05) is 0 Å². The van der Waals surface area contributed by atoms with Crippen molar-refractivity contribution in [2.45, 2.75) is 499 Å². The molecule has 42 heteroatoms. The molecular weight excluding hydrogens is 1780 g/mol. The lowest BCUT2D eigenvalue weighted by atomic mass is 9.86. The number of aliphatic carboxylic acids is 2. The van der Waals surface area contributed by atoms with E-state index in [2.05, 4.69) is 29.8 Å². The van der Waals surface area contributed by atoms with Gasteiger partial charge in [-0.2, -0.15) is 0 Å². The van der Waals surface area contributed by atoms with Crippen LogP contribution in [-0.2, 0) is 85.6 Å². The highest BCUT2D eigenvalue weighted by molar-refractivity contribution is 5.78. The van der Waals surface area contributed by atoms with Gasteiger partial charge in [-0.25, -0.2) is 9.59 Å². The quantitative estimate of drug-likeness (QED) is 0.0370. The third kappa shape index (κ3) is 37.2. The second-order valence-electron chi connectivity index (χ2n) is 37.8. The summed E-state index contributed by atoms with van der Waals surface area (Å²) in [5.41, 5.74) is 0. The molecule has 135 heavy (non-hydrogen) atoms. The minimum absolute atomic E-state index is 0.113. The number of carbonyl (C=O) groups excluding carboxylic acids is 4. The Hall–Kier alpha value is -4.22. The van der Waals surface area contributed by atoms with Crippen LogP contribution >= 0.6 is 0 Å². The molecule has 0 spiro atoms. The maximum absolute atomic E-state index is 14.5. The number of Topliss-reactive ketones (excluding diaryl/α,β-unsaturated/α-hetero) is 1. The Balaban J connectivity index is 1.26. The van der Waals surface area contributed by atoms with Crippen molar-refractivity contribution in [2.75, 3.05) is 46.2 Å². The zero-order chi connectivity index (χ0) is 99.5. The van der Waals surface area contributed by atoms with Crippen LogP contribution in [-0.4, -0.2) is 390 Å². The maximum atomic E-state index is 14.5. The molecule has 0 aromatic carbocycles. The molecule has 6 aliphatic heterocycles. The number of carboxylic acids is 2. The molecule has 0 aromatic heterocycles. The van der Waals surface area contributed by atoms with E-state index in [9.17, 15) is 136 Å². The number of hydrogen-bond donors (Lipinski definition) is 24. The van der Waals surface area contributed by atoms with Gasteiger partial charge in [0.2, 0.25) is 17.7 Å². The van der Waals surface area contributed by atoms with Gasteiger partial charge in [-0.3, -0.25) is 14.4 Å². The van der Waals surface area contributed by atoms with Gasteiger partial charge in [-0.15, -0.1) is 0 Å². The van der Waals surface area contributed by atoms with Gasteiger partial charge in [0.15, 0.2) is 25.2 Å². The fraction of sp³-hybridized carbons (Fsp3) is 0.935. The lowest BCUT2D eigenvalue weighted by Gasteiger charge is -2.53. The summed E-state index contributed by atoms with van der Waals surface area (Å²) in [6.45, 7) is -0.654. The highest BCUT2D eigenvalue weighted by atomic mass is 16.8. The van der Waals surface area contributed by atoms with E-state index in [0.29, 0.717) is 12.8 Å². The molecule has 34 atom stereocenters. The summed E-state index contributed by atoms with van der Waals surface area (Å²) in [7, 11) is 0. The summed E-state index contributed by atoms with van der Waals surface area (Å²) in [6, 6.07) is -5.01. The van der Waals surface area contributed by atoms with Crippen molar-refractivity contribution in [2.24, 2.45) is 5.92 Å². The van der Waals surface area contributed by atoms with Gasteiger partial charge in [0.25, 0.3) is 11.6 Å². The molecule has 0 radical (unpaired) electrons. The number of hydrogen-bond acceptors (Lipinski definition) is 37. The second-order valence-corrected chi connectivity index (χ2v) is 37.8. The normalized spacial score (nSPS) is 33.7. The smallest absolute Gasteiger partial charge is 0.364 e. The van der Waals surface area contributed by atoms with E-state index in [-0.39, 0.29) is 12.8 Å². The molecule has 6 saturated heterocycles. The van der Waals surface area contributed by atoms with Crippen molar-refractivity contribution in [3.05, 3.63) is 0 Å². The van der Waals surface area contributed by atoms with Crippen LogP contribution in [0.3, 0.4) is 0 Å². The topological polar surface area (TPSA) is 674 Å². The van der Waals surface area contributed by atoms with Crippen LogP contribution in [0.25, 0.3) is 0 Å². The van der Waals surface area contributed by atoms with Crippen LogP contribution < -0.4 is 16.0 Å². The molecule has 0 bridgehead atoms. The Morgan fingerprint density at radius 3 is 1.22 bits per heavy atom. The highest BCUT2D eigenvalue weighted by Gasteiger charge is 2.64. The molecular formula is C93H167N3O39. The molecule has 6 heterocycles. The van der Waals surface area contributed by atoms with Crippen LogP contribution in [0.1, 0.15) is 298 Å². The first-order valence-electron chi connectivity index (χ1n) is 49.8. The first-order valence-corrected chi connectivity index (χ1v) is 49.8. The summed E-state index contributed by atoms with van der Waals surface area (Å²) >= 11 is 0. The fourth-order valence-electron chi connectivity index (χ4n) is 18.9. The average Bonchev–Trinajstić information content (AvgIpc) is 0.741. The highest BCUT2D eigenvalue weighted by Crippen LogP contribution is 2.44. The summed E-state index contributed by atoms with van der Waals surface area (Å²) in [5, 5.41) is 246. The molecule has 6 rings (SSSR count). The Morgan fingerprint density at radius 1 is 0.393 bits per heavy atom. The number of ether oxygens (including phenoxy) is 12. The van der Waals surface area contributed by atoms with Gasteiger partial charge in [-0.1, -0.05) is 239 Å². The van der Waals surface area contributed by atoms with Gasteiger partial charge in [-0.05, 0) is 19.8 Å². The molecule has 6 aliphatic rings. The van der Waals surface area contributed by atoms with Gasteiger partial charge in [0.1, 0.15) is 128 Å². The van der Waals surface area contributed by atoms with E-state index in [4.69, 9.17) is 56.8 Å². The minimum Gasteiger partial charge on any atom is -0.477 e.